The molecule has 3 nitrogen and oxygen atoms in total. The Morgan fingerprint density at radius 1 is 1.03 bits per heavy atom. The van der Waals surface area contributed by atoms with Crippen LogP contribution in [0.5, 0.6) is 5.75 Å². The number of unbranched alkanes of at least 4 members (excludes halogenated alkanes) is 2. The first-order valence-corrected chi connectivity index (χ1v) is 12.1. The Hall–Kier alpha value is -3.26. The van der Waals surface area contributed by atoms with Gasteiger partial charge < -0.3 is 4.74 Å². The maximum Gasteiger partial charge on any atom is 0.343 e. The SMILES string of the molecule is CCCCCC1CCC(c2ccc(C(=O)Oc3ccc4c(F)c(C#N)c(F)cc4c3)cc2)CC1. The summed E-state index contributed by atoms with van der Waals surface area (Å²) in [5.74, 6) is -0.808. The largest absolute Gasteiger partial charge is 0.423 e. The highest BCUT2D eigenvalue weighted by Crippen LogP contribution is 2.38. The number of rotatable bonds is 7. The van der Waals surface area contributed by atoms with Gasteiger partial charge in [0.15, 0.2) is 5.82 Å². The lowest BCUT2D eigenvalue weighted by atomic mass is 9.77. The quantitative estimate of drug-likeness (QED) is 0.203. The van der Waals surface area contributed by atoms with E-state index >= 15 is 0 Å². The molecule has 1 fully saturated rings. The van der Waals surface area contributed by atoms with Crippen LogP contribution in [0.1, 0.15) is 85.7 Å². The molecule has 34 heavy (non-hydrogen) atoms. The molecule has 0 unspecified atom stereocenters. The molecule has 0 aliphatic heterocycles. The number of carbonyl (C=O) groups excluding carboxylic acids is 1. The van der Waals surface area contributed by atoms with Gasteiger partial charge in [-0.1, -0.05) is 44.7 Å². The second-order valence-corrected chi connectivity index (χ2v) is 9.27. The Balaban J connectivity index is 1.39. The number of nitrogens with zero attached hydrogens (tertiary/aromatic N) is 1. The predicted molar refractivity (Wildman–Crippen MR) is 129 cm³/mol. The van der Waals surface area contributed by atoms with Crippen molar-refractivity contribution in [3.8, 4) is 11.8 Å². The lowest BCUT2D eigenvalue weighted by molar-refractivity contribution is 0.0735. The number of esters is 1. The second-order valence-electron chi connectivity index (χ2n) is 9.27. The van der Waals surface area contributed by atoms with Gasteiger partial charge in [-0.25, -0.2) is 13.6 Å². The van der Waals surface area contributed by atoms with E-state index in [0.29, 0.717) is 11.5 Å². The molecule has 3 aromatic carbocycles. The van der Waals surface area contributed by atoms with E-state index < -0.39 is 23.2 Å². The average molecular weight is 462 g/mol. The molecule has 4 rings (SSSR count). The topological polar surface area (TPSA) is 50.1 Å². The molecule has 0 heterocycles. The molecule has 0 saturated heterocycles. The Bertz CT molecular complexity index is 1210. The normalized spacial score (nSPS) is 17.9. The monoisotopic (exact) mass is 461 g/mol. The number of carbonyl (C=O) groups is 1. The smallest absolute Gasteiger partial charge is 0.343 e. The van der Waals surface area contributed by atoms with Crippen LogP contribution in [-0.2, 0) is 0 Å². The summed E-state index contributed by atoms with van der Waals surface area (Å²) in [5, 5.41) is 9.23. The van der Waals surface area contributed by atoms with E-state index in [1.165, 1.54) is 81.2 Å². The molecule has 5 heteroatoms. The van der Waals surface area contributed by atoms with Crippen molar-refractivity contribution >= 4 is 16.7 Å². The summed E-state index contributed by atoms with van der Waals surface area (Å²) in [6, 6.07) is 14.4. The van der Waals surface area contributed by atoms with Crippen LogP contribution in [0, 0.1) is 28.9 Å². The summed E-state index contributed by atoms with van der Waals surface area (Å²) < 4.78 is 33.7. The van der Waals surface area contributed by atoms with Crippen LogP contribution in [0.15, 0.2) is 48.5 Å². The molecule has 1 saturated carbocycles. The first-order chi connectivity index (χ1) is 16.5. The average Bonchev–Trinajstić information content (AvgIpc) is 2.85. The minimum atomic E-state index is -0.943. The molecule has 176 valence electrons. The number of halogens is 2. The first kappa shape index (κ1) is 23.9. The molecule has 1 aliphatic carbocycles. The van der Waals surface area contributed by atoms with Gasteiger partial charge in [0.2, 0.25) is 0 Å². The van der Waals surface area contributed by atoms with Gasteiger partial charge in [0.25, 0.3) is 0 Å². The molecule has 0 aromatic heterocycles. The third kappa shape index (κ3) is 5.28. The first-order valence-electron chi connectivity index (χ1n) is 12.1. The zero-order chi connectivity index (χ0) is 24.1. The second kappa shape index (κ2) is 10.8. The van der Waals surface area contributed by atoms with Crippen LogP contribution in [0.4, 0.5) is 8.78 Å². The highest BCUT2D eigenvalue weighted by molar-refractivity contribution is 5.92. The number of ether oxygens (including phenoxy) is 1. The van der Waals surface area contributed by atoms with Crippen molar-refractivity contribution in [3.63, 3.8) is 0 Å². The maximum atomic E-state index is 14.3. The van der Waals surface area contributed by atoms with Crippen molar-refractivity contribution in [1.82, 2.24) is 0 Å². The highest BCUT2D eigenvalue weighted by atomic mass is 19.1. The molecular weight excluding hydrogens is 432 g/mol. The molecule has 0 amide bonds. The summed E-state index contributed by atoms with van der Waals surface area (Å²) in [6.45, 7) is 2.24. The van der Waals surface area contributed by atoms with E-state index in [-0.39, 0.29) is 16.5 Å². The standard InChI is InChI=1S/C29H29F2NO2/c1-2-3-4-5-19-6-8-20(9-7-19)21-10-12-22(13-11-21)29(33)34-24-14-15-25-23(16-24)17-27(30)26(18-32)28(25)31/h10-17,19-20H,2-9H2,1H3. The van der Waals surface area contributed by atoms with Crippen molar-refractivity contribution in [2.45, 2.75) is 64.2 Å². The summed E-state index contributed by atoms with van der Waals surface area (Å²) >= 11 is 0. The molecule has 0 atom stereocenters. The molecule has 3 aromatic rings. The molecule has 0 radical (unpaired) electrons. The summed E-state index contributed by atoms with van der Waals surface area (Å²) in [7, 11) is 0. The molecule has 0 spiro atoms. The van der Waals surface area contributed by atoms with Crippen LogP contribution >= 0.6 is 0 Å². The minimum Gasteiger partial charge on any atom is -0.423 e. The summed E-state index contributed by atoms with van der Waals surface area (Å²) in [6.07, 6.45) is 10.2. The van der Waals surface area contributed by atoms with Crippen molar-refractivity contribution in [3.05, 3.63) is 76.9 Å². The van der Waals surface area contributed by atoms with E-state index in [2.05, 4.69) is 6.92 Å². The van der Waals surface area contributed by atoms with Crippen LogP contribution in [0.25, 0.3) is 10.8 Å². The molecule has 0 bridgehead atoms. The fourth-order valence-electron chi connectivity index (χ4n) is 5.00. The van der Waals surface area contributed by atoms with E-state index in [1.807, 2.05) is 12.1 Å². The molecular formula is C29H29F2NO2. The lowest BCUT2D eigenvalue weighted by Gasteiger charge is -2.29. The van der Waals surface area contributed by atoms with Crippen molar-refractivity contribution < 1.29 is 18.3 Å². The van der Waals surface area contributed by atoms with E-state index in [1.54, 1.807) is 12.1 Å². The van der Waals surface area contributed by atoms with Crippen molar-refractivity contribution in [2.75, 3.05) is 0 Å². The summed E-state index contributed by atoms with van der Waals surface area (Å²) in [4.78, 5) is 12.6. The van der Waals surface area contributed by atoms with E-state index in [9.17, 15) is 13.6 Å². The third-order valence-corrected chi connectivity index (χ3v) is 7.00. The fraction of sp³-hybridized carbons (Fsp3) is 0.379. The lowest BCUT2D eigenvalue weighted by Crippen LogP contribution is -2.14. The Kier molecular flexibility index (Phi) is 7.57. The zero-order valence-corrected chi connectivity index (χ0v) is 19.4. The number of hydrogen-bond acceptors (Lipinski definition) is 3. The van der Waals surface area contributed by atoms with Gasteiger partial charge in [-0.15, -0.1) is 0 Å². The maximum absolute atomic E-state index is 14.3. The third-order valence-electron chi connectivity index (χ3n) is 7.00. The van der Waals surface area contributed by atoms with Gasteiger partial charge in [0.05, 0.1) is 5.56 Å². The van der Waals surface area contributed by atoms with E-state index in [4.69, 9.17) is 10.00 Å². The molecule has 0 N–H and O–H groups in total. The van der Waals surface area contributed by atoms with Crippen LogP contribution in [0.3, 0.4) is 0 Å². The fourth-order valence-corrected chi connectivity index (χ4v) is 5.00. The van der Waals surface area contributed by atoms with Crippen LogP contribution < -0.4 is 4.74 Å². The van der Waals surface area contributed by atoms with Gasteiger partial charge in [-0.2, -0.15) is 5.26 Å². The van der Waals surface area contributed by atoms with Gasteiger partial charge >= 0.3 is 5.97 Å². The predicted octanol–water partition coefficient (Wildman–Crippen LogP) is 8.06. The minimum absolute atomic E-state index is 0.0992. The van der Waals surface area contributed by atoms with Gasteiger partial charge in [-0.3, -0.25) is 0 Å². The van der Waals surface area contributed by atoms with Crippen LogP contribution in [-0.4, -0.2) is 5.97 Å². The Morgan fingerprint density at radius 3 is 2.44 bits per heavy atom. The van der Waals surface area contributed by atoms with Crippen molar-refractivity contribution in [1.29, 1.82) is 5.26 Å². The number of fused-ring (bicyclic) bond motifs is 1. The van der Waals surface area contributed by atoms with Gasteiger partial charge in [0, 0.05) is 5.39 Å². The number of nitriles is 1. The number of benzene rings is 3. The zero-order valence-electron chi connectivity index (χ0n) is 19.4. The Morgan fingerprint density at radius 2 is 1.76 bits per heavy atom. The van der Waals surface area contributed by atoms with Gasteiger partial charge in [0.1, 0.15) is 23.2 Å². The number of hydrogen-bond donors (Lipinski definition) is 0. The summed E-state index contributed by atoms with van der Waals surface area (Å²) in [5.41, 5.74) is 1.06. The van der Waals surface area contributed by atoms with Gasteiger partial charge in [-0.05, 0) is 84.9 Å². The Labute approximate surface area is 199 Å². The van der Waals surface area contributed by atoms with E-state index in [0.717, 1.165) is 12.0 Å². The highest BCUT2D eigenvalue weighted by Gasteiger charge is 2.22. The van der Waals surface area contributed by atoms with Crippen LogP contribution in [0.2, 0.25) is 0 Å². The van der Waals surface area contributed by atoms with Crippen molar-refractivity contribution in [2.24, 2.45) is 5.92 Å². The molecule has 1 aliphatic rings.